The monoisotopic (exact) mass is 409 g/mol. The number of unbranched alkanes of at least 4 members (excludes halogenated alkanes) is 5. The molecule has 0 heterocycles. The Bertz CT molecular complexity index is 695. The zero-order valence-corrected chi connectivity index (χ0v) is 17.3. The highest BCUT2D eigenvalue weighted by molar-refractivity contribution is 6.03. The van der Waals surface area contributed by atoms with Crippen LogP contribution in [0.3, 0.4) is 0 Å². The van der Waals surface area contributed by atoms with E-state index in [1.807, 2.05) is 20.8 Å². The quantitative estimate of drug-likeness (QED) is 0.439. The van der Waals surface area contributed by atoms with E-state index in [0.29, 0.717) is 13.2 Å². The molecule has 0 unspecified atom stereocenters. The highest BCUT2D eigenvalue weighted by Crippen LogP contribution is 2.23. The molecule has 3 N–H and O–H groups in total. The molecule has 0 spiro atoms. The van der Waals surface area contributed by atoms with Crippen LogP contribution in [0.1, 0.15) is 80.0 Å². The highest BCUT2D eigenvalue weighted by atomic mass is 16.6. The van der Waals surface area contributed by atoms with Crippen LogP contribution >= 0.6 is 0 Å². The third-order valence-electron chi connectivity index (χ3n) is 3.97. The number of rotatable bonds is 12. The predicted molar refractivity (Wildman–Crippen MR) is 108 cm³/mol. The molecule has 1 aromatic rings. The summed E-state index contributed by atoms with van der Waals surface area (Å²) in [6, 6.07) is 4.18. The number of carboxylic acid groups (broad SMARTS) is 2. The van der Waals surface area contributed by atoms with Crippen LogP contribution in [0.25, 0.3) is 0 Å². The molecular formula is C21H31NO7. The standard InChI is InChI=1S/C21H31NO7/c1-21(2,3)29-20(27)22-13-8-6-4-5-7-9-14-28-16-12-10-11-15(18(23)24)17(16)19(25)26/h10-12H,4-9,13-14H2,1-3H3,(H,22,27)(H,23,24)(H,25,26). The van der Waals surface area contributed by atoms with Gasteiger partial charge in [-0.15, -0.1) is 0 Å². The maximum absolute atomic E-state index is 11.5. The number of amides is 1. The number of hydrogen-bond acceptors (Lipinski definition) is 5. The first kappa shape index (κ1) is 24.3. The summed E-state index contributed by atoms with van der Waals surface area (Å²) in [7, 11) is 0. The van der Waals surface area contributed by atoms with Crippen LogP contribution in [0.4, 0.5) is 4.79 Å². The van der Waals surface area contributed by atoms with Crippen LogP contribution < -0.4 is 10.1 Å². The fourth-order valence-electron chi connectivity index (χ4n) is 2.67. The van der Waals surface area contributed by atoms with E-state index in [2.05, 4.69) is 5.32 Å². The predicted octanol–water partition coefficient (Wildman–Crippen LogP) is 4.33. The first-order valence-corrected chi connectivity index (χ1v) is 9.81. The van der Waals surface area contributed by atoms with Crippen molar-refractivity contribution < 1.29 is 34.1 Å². The molecule has 0 aliphatic rings. The summed E-state index contributed by atoms with van der Waals surface area (Å²) in [5.41, 5.74) is -1.10. The third-order valence-corrected chi connectivity index (χ3v) is 3.97. The normalized spacial score (nSPS) is 11.0. The molecule has 1 amide bonds. The lowest BCUT2D eigenvalue weighted by Gasteiger charge is -2.19. The second kappa shape index (κ2) is 11.9. The minimum absolute atomic E-state index is 0.0746. The fourth-order valence-corrected chi connectivity index (χ4v) is 2.67. The SMILES string of the molecule is CC(C)(C)OC(=O)NCCCCCCCCOc1cccc(C(=O)O)c1C(=O)O. The van der Waals surface area contributed by atoms with Gasteiger partial charge >= 0.3 is 18.0 Å². The Morgan fingerprint density at radius 1 is 0.931 bits per heavy atom. The molecule has 0 bridgehead atoms. The molecule has 1 aromatic carbocycles. The second-order valence-electron chi connectivity index (χ2n) is 7.69. The van der Waals surface area contributed by atoms with Crippen LogP contribution in [0, 0.1) is 0 Å². The molecule has 0 fully saturated rings. The summed E-state index contributed by atoms with van der Waals surface area (Å²) in [5, 5.41) is 21.1. The molecule has 0 atom stereocenters. The smallest absolute Gasteiger partial charge is 0.407 e. The number of carbonyl (C=O) groups is 3. The lowest BCUT2D eigenvalue weighted by atomic mass is 10.1. The van der Waals surface area contributed by atoms with Gasteiger partial charge in [0.2, 0.25) is 0 Å². The van der Waals surface area contributed by atoms with Crippen LogP contribution in [0.2, 0.25) is 0 Å². The van der Waals surface area contributed by atoms with Crippen molar-refractivity contribution in [1.82, 2.24) is 5.32 Å². The number of benzene rings is 1. The van der Waals surface area contributed by atoms with E-state index in [1.165, 1.54) is 18.2 Å². The molecule has 1 rings (SSSR count). The minimum atomic E-state index is -1.32. The van der Waals surface area contributed by atoms with Crippen LogP contribution in [-0.2, 0) is 4.74 Å². The largest absolute Gasteiger partial charge is 0.493 e. The zero-order chi connectivity index (χ0) is 21.9. The van der Waals surface area contributed by atoms with Crippen molar-refractivity contribution in [3.63, 3.8) is 0 Å². The summed E-state index contributed by atoms with van der Waals surface area (Å²) >= 11 is 0. The lowest BCUT2D eigenvalue weighted by molar-refractivity contribution is 0.0525. The lowest BCUT2D eigenvalue weighted by Crippen LogP contribution is -2.32. The van der Waals surface area contributed by atoms with Crippen LogP contribution in [0.5, 0.6) is 5.75 Å². The Morgan fingerprint density at radius 3 is 2.14 bits per heavy atom. The molecule has 0 aromatic heterocycles. The van der Waals surface area contributed by atoms with Crippen molar-refractivity contribution >= 4 is 18.0 Å². The van der Waals surface area contributed by atoms with Crippen molar-refractivity contribution in [2.24, 2.45) is 0 Å². The number of hydrogen-bond donors (Lipinski definition) is 3. The number of carboxylic acids is 2. The molecule has 0 saturated heterocycles. The van der Waals surface area contributed by atoms with E-state index >= 15 is 0 Å². The Balaban J connectivity index is 2.18. The van der Waals surface area contributed by atoms with E-state index in [1.54, 1.807) is 0 Å². The van der Waals surface area contributed by atoms with Gasteiger partial charge in [-0.2, -0.15) is 0 Å². The molecule has 0 saturated carbocycles. The molecule has 0 radical (unpaired) electrons. The number of nitrogens with one attached hydrogen (secondary N) is 1. The molecular weight excluding hydrogens is 378 g/mol. The summed E-state index contributed by atoms with van der Waals surface area (Å²) < 4.78 is 10.7. The fraction of sp³-hybridized carbons (Fsp3) is 0.571. The van der Waals surface area contributed by atoms with E-state index in [0.717, 1.165) is 38.5 Å². The van der Waals surface area contributed by atoms with Crippen molar-refractivity contribution in [3.8, 4) is 5.75 Å². The van der Waals surface area contributed by atoms with Gasteiger partial charge in [-0.25, -0.2) is 14.4 Å². The van der Waals surface area contributed by atoms with E-state index in [9.17, 15) is 19.5 Å². The summed E-state index contributed by atoms with van der Waals surface area (Å²) in [6.07, 6.45) is 5.14. The number of ether oxygens (including phenoxy) is 2. The Morgan fingerprint density at radius 2 is 1.55 bits per heavy atom. The van der Waals surface area contributed by atoms with Gasteiger partial charge in [0.15, 0.2) is 0 Å². The molecule has 8 heteroatoms. The molecule has 162 valence electrons. The summed E-state index contributed by atoms with van der Waals surface area (Å²) in [4.78, 5) is 34.0. The Hall–Kier alpha value is -2.77. The number of carbonyl (C=O) groups excluding carboxylic acids is 1. The minimum Gasteiger partial charge on any atom is -0.493 e. The zero-order valence-electron chi connectivity index (χ0n) is 17.3. The van der Waals surface area contributed by atoms with Crippen molar-refractivity contribution in [2.45, 2.75) is 64.9 Å². The summed E-state index contributed by atoms with van der Waals surface area (Å²) in [6.45, 7) is 6.37. The van der Waals surface area contributed by atoms with Crippen LogP contribution in [-0.4, -0.2) is 47.0 Å². The number of alkyl carbamates (subject to hydrolysis) is 1. The average Bonchev–Trinajstić information content (AvgIpc) is 2.61. The molecule has 8 nitrogen and oxygen atoms in total. The highest BCUT2D eigenvalue weighted by Gasteiger charge is 2.21. The van der Waals surface area contributed by atoms with Gasteiger partial charge in [-0.1, -0.05) is 31.7 Å². The van der Waals surface area contributed by atoms with E-state index in [4.69, 9.17) is 14.6 Å². The van der Waals surface area contributed by atoms with Gasteiger partial charge in [-0.3, -0.25) is 0 Å². The van der Waals surface area contributed by atoms with Gasteiger partial charge in [0, 0.05) is 6.54 Å². The van der Waals surface area contributed by atoms with E-state index < -0.39 is 23.6 Å². The molecule has 0 aliphatic carbocycles. The third kappa shape index (κ3) is 9.82. The topological polar surface area (TPSA) is 122 Å². The van der Waals surface area contributed by atoms with Gasteiger partial charge in [0.25, 0.3) is 0 Å². The summed E-state index contributed by atoms with van der Waals surface area (Å²) in [5.74, 6) is -2.54. The first-order chi connectivity index (χ1) is 13.6. The van der Waals surface area contributed by atoms with Crippen molar-refractivity contribution in [3.05, 3.63) is 29.3 Å². The second-order valence-corrected chi connectivity index (χ2v) is 7.69. The maximum atomic E-state index is 11.5. The van der Waals surface area contributed by atoms with Gasteiger partial charge in [0.05, 0.1) is 12.2 Å². The molecule has 29 heavy (non-hydrogen) atoms. The first-order valence-electron chi connectivity index (χ1n) is 9.81. The van der Waals surface area contributed by atoms with Gasteiger partial charge in [-0.05, 0) is 45.7 Å². The Labute approximate surface area is 171 Å². The average molecular weight is 409 g/mol. The van der Waals surface area contributed by atoms with Crippen molar-refractivity contribution in [2.75, 3.05) is 13.2 Å². The number of aromatic carboxylic acids is 2. The molecule has 0 aliphatic heterocycles. The van der Waals surface area contributed by atoms with E-state index in [-0.39, 0.29) is 16.9 Å². The van der Waals surface area contributed by atoms with Gasteiger partial charge < -0.3 is 25.0 Å². The van der Waals surface area contributed by atoms with Gasteiger partial charge in [0.1, 0.15) is 16.9 Å². The Kier molecular flexibility index (Phi) is 9.99. The maximum Gasteiger partial charge on any atom is 0.407 e. The van der Waals surface area contributed by atoms with Crippen LogP contribution in [0.15, 0.2) is 18.2 Å². The van der Waals surface area contributed by atoms with Crippen molar-refractivity contribution in [1.29, 1.82) is 0 Å².